The third-order valence-corrected chi connectivity index (χ3v) is 2.23. The van der Waals surface area contributed by atoms with Crippen molar-refractivity contribution in [2.75, 3.05) is 5.32 Å². The second-order valence-corrected chi connectivity index (χ2v) is 5.27. The highest BCUT2D eigenvalue weighted by Gasteiger charge is 2.16. The van der Waals surface area contributed by atoms with E-state index in [2.05, 4.69) is 15.3 Å². The highest BCUT2D eigenvalue weighted by atomic mass is 16.6. The number of carbonyl (C=O) groups excluding carboxylic acids is 1. The first-order valence-corrected chi connectivity index (χ1v) is 6.31. The Kier molecular flexibility index (Phi) is 5.54. The minimum Gasteiger partial charge on any atom is -0.478 e. The van der Waals surface area contributed by atoms with E-state index in [1.165, 1.54) is 6.08 Å². The lowest BCUT2D eigenvalue weighted by molar-refractivity contribution is -0.132. The molecule has 0 fully saturated rings. The Balaban J connectivity index is 2.83. The maximum atomic E-state index is 11.6. The Bertz CT molecular complexity index is 634. The maximum Gasteiger partial charge on any atom is 0.412 e. The number of nitrogens with one attached hydrogen (secondary N) is 1. The van der Waals surface area contributed by atoms with Crippen LogP contribution in [-0.2, 0) is 9.53 Å². The minimum atomic E-state index is -1.33. The molecule has 1 amide bonds. The van der Waals surface area contributed by atoms with Crippen LogP contribution in [0.15, 0.2) is 35.1 Å². The highest BCUT2D eigenvalue weighted by molar-refractivity contribution is 5.92. The van der Waals surface area contributed by atoms with Gasteiger partial charge in [0.25, 0.3) is 0 Å². The third kappa shape index (κ3) is 5.98. The lowest BCUT2D eigenvalue weighted by Gasteiger charge is -2.19. The van der Waals surface area contributed by atoms with Crippen LogP contribution in [0.2, 0.25) is 0 Å². The van der Waals surface area contributed by atoms with E-state index in [1.807, 2.05) is 0 Å². The van der Waals surface area contributed by atoms with Crippen molar-refractivity contribution in [3.63, 3.8) is 0 Å². The molecule has 0 unspecified atom stereocenters. The summed E-state index contributed by atoms with van der Waals surface area (Å²) in [7, 11) is 0. The zero-order chi connectivity index (χ0) is 16.8. The van der Waals surface area contributed by atoms with E-state index in [-0.39, 0.29) is 0 Å². The molecule has 0 aliphatic rings. The van der Waals surface area contributed by atoms with Gasteiger partial charge in [0.05, 0.1) is 0 Å². The predicted octanol–water partition coefficient (Wildman–Crippen LogP) is 3.77. The number of carboxylic acids is 1. The van der Waals surface area contributed by atoms with E-state index in [4.69, 9.17) is 15.4 Å². The monoisotopic (exact) mass is 304 g/mol. The van der Waals surface area contributed by atoms with Gasteiger partial charge >= 0.3 is 12.1 Å². The van der Waals surface area contributed by atoms with Crippen molar-refractivity contribution in [1.82, 2.24) is 0 Å². The number of carbonyl (C=O) groups is 2. The second kappa shape index (κ2) is 7.14. The first-order chi connectivity index (χ1) is 10.2. The zero-order valence-corrected chi connectivity index (χ0v) is 12.4. The van der Waals surface area contributed by atoms with Crippen LogP contribution in [-0.4, -0.2) is 22.8 Å². The lowest BCUT2D eigenvalue weighted by Crippen LogP contribution is -2.27. The Morgan fingerprint density at radius 3 is 2.36 bits per heavy atom. The van der Waals surface area contributed by atoms with Crippen LogP contribution in [0.3, 0.4) is 0 Å². The van der Waals surface area contributed by atoms with E-state index >= 15 is 0 Å². The molecule has 8 heteroatoms. The van der Waals surface area contributed by atoms with Gasteiger partial charge in [0.15, 0.2) is 0 Å². The van der Waals surface area contributed by atoms with Gasteiger partial charge in [0, 0.05) is 10.6 Å². The number of anilines is 1. The summed E-state index contributed by atoms with van der Waals surface area (Å²) in [5, 5.41) is 14.5. The van der Waals surface area contributed by atoms with Crippen molar-refractivity contribution in [3.05, 3.63) is 46.0 Å². The fourth-order valence-corrected chi connectivity index (χ4v) is 1.42. The highest BCUT2D eigenvalue weighted by Crippen LogP contribution is 2.15. The zero-order valence-electron chi connectivity index (χ0n) is 12.4. The fourth-order valence-electron chi connectivity index (χ4n) is 1.42. The topological polar surface area (TPSA) is 124 Å². The van der Waals surface area contributed by atoms with Gasteiger partial charge in [-0.1, -0.05) is 17.2 Å². The summed E-state index contributed by atoms with van der Waals surface area (Å²) in [5.74, 6) is -1.33. The van der Waals surface area contributed by atoms with Crippen molar-refractivity contribution < 1.29 is 19.4 Å². The molecule has 2 N–H and O–H groups in total. The summed E-state index contributed by atoms with van der Waals surface area (Å²) in [6.45, 7) is 5.26. The number of aliphatic carboxylic acids is 1. The quantitative estimate of drug-likeness (QED) is 0.380. The van der Waals surface area contributed by atoms with E-state index in [0.717, 1.165) is 0 Å². The number of hydrogen-bond donors (Lipinski definition) is 2. The summed E-state index contributed by atoms with van der Waals surface area (Å²) in [6, 6.07) is 6.29. The van der Waals surface area contributed by atoms with E-state index in [9.17, 15) is 9.59 Å². The van der Waals surface area contributed by atoms with Crippen molar-refractivity contribution in [3.8, 4) is 0 Å². The largest absolute Gasteiger partial charge is 0.478 e. The van der Waals surface area contributed by atoms with Crippen LogP contribution >= 0.6 is 0 Å². The molecule has 0 aliphatic carbocycles. The van der Waals surface area contributed by atoms with Crippen LogP contribution in [0, 0.1) is 0 Å². The number of hydrogen-bond acceptors (Lipinski definition) is 4. The van der Waals surface area contributed by atoms with Crippen molar-refractivity contribution in [2.24, 2.45) is 5.11 Å². The van der Waals surface area contributed by atoms with Gasteiger partial charge in [-0.25, -0.2) is 9.59 Å². The number of benzene rings is 1. The average Bonchev–Trinajstić information content (AvgIpc) is 2.38. The van der Waals surface area contributed by atoms with Gasteiger partial charge < -0.3 is 9.84 Å². The Morgan fingerprint density at radius 2 is 1.91 bits per heavy atom. The Morgan fingerprint density at radius 1 is 1.32 bits per heavy atom. The van der Waals surface area contributed by atoms with Gasteiger partial charge in [0.2, 0.25) is 0 Å². The fraction of sp³-hybridized carbons (Fsp3) is 0.286. The van der Waals surface area contributed by atoms with Crippen LogP contribution in [0.1, 0.15) is 26.3 Å². The third-order valence-electron chi connectivity index (χ3n) is 2.23. The molecule has 116 valence electrons. The Hall–Kier alpha value is -2.99. The molecule has 0 atom stereocenters. The molecular weight excluding hydrogens is 288 g/mol. The predicted molar refractivity (Wildman–Crippen MR) is 81.1 cm³/mol. The SMILES string of the molecule is CC(C)(C)OC(=O)Nc1ccc(/C=C(/N=[N+]=[N-])C(=O)O)cc1. The number of rotatable bonds is 4. The molecule has 0 radical (unpaired) electrons. The number of nitrogens with zero attached hydrogens (tertiary/aromatic N) is 3. The number of carboxylic acid groups (broad SMARTS) is 1. The molecule has 8 nitrogen and oxygen atoms in total. The molecule has 0 bridgehead atoms. The first-order valence-electron chi connectivity index (χ1n) is 6.31. The molecule has 1 rings (SSSR count). The molecule has 0 spiro atoms. The van der Waals surface area contributed by atoms with E-state index < -0.39 is 23.4 Å². The molecule has 0 heterocycles. The number of azide groups is 1. The Labute approximate surface area is 127 Å². The number of ether oxygens (including phenoxy) is 1. The molecule has 22 heavy (non-hydrogen) atoms. The number of amides is 1. The van der Waals surface area contributed by atoms with Crippen molar-refractivity contribution in [1.29, 1.82) is 0 Å². The molecule has 0 saturated heterocycles. The van der Waals surface area contributed by atoms with Crippen LogP contribution in [0.25, 0.3) is 16.5 Å². The molecule has 1 aromatic carbocycles. The summed E-state index contributed by atoms with van der Waals surface area (Å²) in [5.41, 5.74) is 8.28. The van der Waals surface area contributed by atoms with Crippen LogP contribution < -0.4 is 5.32 Å². The van der Waals surface area contributed by atoms with Gasteiger partial charge in [0.1, 0.15) is 11.3 Å². The van der Waals surface area contributed by atoms with Crippen molar-refractivity contribution in [2.45, 2.75) is 26.4 Å². The minimum absolute atomic E-state index is 0.421. The maximum absolute atomic E-state index is 11.6. The van der Waals surface area contributed by atoms with E-state index in [1.54, 1.807) is 45.0 Å². The molecule has 1 aromatic rings. The lowest BCUT2D eigenvalue weighted by atomic mass is 10.2. The summed E-state index contributed by atoms with van der Waals surface area (Å²) >= 11 is 0. The smallest absolute Gasteiger partial charge is 0.412 e. The molecule has 0 aliphatic heterocycles. The summed E-state index contributed by atoms with van der Waals surface area (Å²) < 4.78 is 5.10. The second-order valence-electron chi connectivity index (χ2n) is 5.27. The van der Waals surface area contributed by atoms with Crippen molar-refractivity contribution >= 4 is 23.8 Å². The van der Waals surface area contributed by atoms with Gasteiger partial charge in [-0.3, -0.25) is 5.32 Å². The van der Waals surface area contributed by atoms with Crippen LogP contribution in [0.4, 0.5) is 10.5 Å². The summed E-state index contributed by atoms with van der Waals surface area (Å²) in [6.07, 6.45) is 0.635. The molecular formula is C14H16N4O4. The van der Waals surface area contributed by atoms with Gasteiger partial charge in [-0.2, -0.15) is 0 Å². The first kappa shape index (κ1) is 17.1. The standard InChI is InChI=1S/C14H16N4O4/c1-14(2,3)22-13(21)16-10-6-4-9(5-7-10)8-11(12(19)20)17-18-15/h4-8H,1-3H3,(H,16,21)(H,19,20)/b11-8+. The summed E-state index contributed by atoms with van der Waals surface area (Å²) in [4.78, 5) is 24.9. The van der Waals surface area contributed by atoms with Gasteiger partial charge in [-0.15, -0.1) is 0 Å². The van der Waals surface area contributed by atoms with Crippen LogP contribution in [0.5, 0.6) is 0 Å². The molecule has 0 saturated carbocycles. The van der Waals surface area contributed by atoms with Gasteiger partial charge in [-0.05, 0) is 50.1 Å². The average molecular weight is 304 g/mol. The van der Waals surface area contributed by atoms with E-state index in [0.29, 0.717) is 11.3 Å². The normalized spacial score (nSPS) is 11.3. The molecule has 0 aromatic heterocycles.